The van der Waals surface area contributed by atoms with Crippen LogP contribution in [0.2, 0.25) is 8.67 Å². The molecule has 0 aliphatic carbocycles. The summed E-state index contributed by atoms with van der Waals surface area (Å²) < 4.78 is 31.6. The SMILES string of the molecule is CCOC(=O)C1CCCN1S(=O)(=O)c1cc(Cl)sc1Cl. The Bertz CT molecular complexity index is 614. The largest absolute Gasteiger partial charge is 0.465 e. The second-order valence-corrected chi connectivity index (χ2v) is 8.36. The van der Waals surface area contributed by atoms with Crippen LogP contribution in [-0.2, 0) is 19.6 Å². The molecule has 1 saturated heterocycles. The van der Waals surface area contributed by atoms with Crippen LogP contribution in [0.4, 0.5) is 0 Å². The van der Waals surface area contributed by atoms with Gasteiger partial charge in [-0.3, -0.25) is 4.79 Å². The highest BCUT2D eigenvalue weighted by Crippen LogP contribution is 2.37. The maximum Gasteiger partial charge on any atom is 0.324 e. The molecule has 1 unspecified atom stereocenters. The number of esters is 1. The number of thiophene rings is 1. The van der Waals surface area contributed by atoms with Crippen molar-refractivity contribution >= 4 is 50.5 Å². The van der Waals surface area contributed by atoms with Crippen molar-refractivity contribution in [1.82, 2.24) is 4.31 Å². The Labute approximate surface area is 131 Å². The first-order valence-corrected chi connectivity index (χ1v) is 9.02. The van der Waals surface area contributed by atoms with Gasteiger partial charge in [-0.2, -0.15) is 4.31 Å². The average Bonchev–Trinajstić information content (AvgIpc) is 2.96. The number of rotatable bonds is 4. The number of carbonyl (C=O) groups excluding carboxylic acids is 1. The van der Waals surface area contributed by atoms with Crippen molar-refractivity contribution in [3.05, 3.63) is 14.7 Å². The lowest BCUT2D eigenvalue weighted by atomic mass is 10.2. The fourth-order valence-electron chi connectivity index (χ4n) is 2.13. The van der Waals surface area contributed by atoms with Gasteiger partial charge in [0.2, 0.25) is 10.0 Å². The summed E-state index contributed by atoms with van der Waals surface area (Å²) in [7, 11) is -3.83. The zero-order valence-corrected chi connectivity index (χ0v) is 13.8. The van der Waals surface area contributed by atoms with E-state index >= 15 is 0 Å². The van der Waals surface area contributed by atoms with Gasteiger partial charge in [0.1, 0.15) is 15.3 Å². The van der Waals surface area contributed by atoms with Crippen molar-refractivity contribution in [1.29, 1.82) is 0 Å². The van der Waals surface area contributed by atoms with Crippen LogP contribution in [-0.4, -0.2) is 37.9 Å². The molecule has 112 valence electrons. The molecule has 20 heavy (non-hydrogen) atoms. The molecule has 0 N–H and O–H groups in total. The van der Waals surface area contributed by atoms with Gasteiger partial charge in [0.25, 0.3) is 0 Å². The van der Waals surface area contributed by atoms with Gasteiger partial charge in [-0.05, 0) is 25.8 Å². The summed E-state index contributed by atoms with van der Waals surface area (Å²) in [6.45, 7) is 2.17. The van der Waals surface area contributed by atoms with Gasteiger partial charge in [0, 0.05) is 6.54 Å². The summed E-state index contributed by atoms with van der Waals surface area (Å²) in [6, 6.07) is 0.527. The molecular formula is C11H13Cl2NO4S2. The molecule has 1 atom stereocenters. The van der Waals surface area contributed by atoms with Crippen LogP contribution in [0.15, 0.2) is 11.0 Å². The third kappa shape index (κ3) is 2.96. The van der Waals surface area contributed by atoms with Crippen LogP contribution in [0.5, 0.6) is 0 Å². The summed E-state index contributed by atoms with van der Waals surface area (Å²) in [5, 5.41) is 0. The summed E-state index contributed by atoms with van der Waals surface area (Å²) >= 11 is 12.7. The predicted octanol–water partition coefficient (Wildman–Crippen LogP) is 2.77. The highest BCUT2D eigenvalue weighted by Gasteiger charge is 2.41. The molecule has 5 nitrogen and oxygen atoms in total. The number of nitrogens with zero attached hydrogens (tertiary/aromatic N) is 1. The van der Waals surface area contributed by atoms with E-state index in [-0.39, 0.29) is 22.4 Å². The van der Waals surface area contributed by atoms with E-state index in [2.05, 4.69) is 0 Å². The quantitative estimate of drug-likeness (QED) is 0.777. The summed E-state index contributed by atoms with van der Waals surface area (Å²) in [5.41, 5.74) is 0. The molecule has 1 aromatic heterocycles. The lowest BCUT2D eigenvalue weighted by Crippen LogP contribution is -2.41. The molecule has 0 saturated carbocycles. The van der Waals surface area contributed by atoms with Crippen molar-refractivity contribution in [3.63, 3.8) is 0 Å². The molecule has 1 aliphatic heterocycles. The standard InChI is InChI=1S/C11H13Cl2NO4S2/c1-2-18-11(15)7-4-3-5-14(7)20(16,17)8-6-9(12)19-10(8)13/h6-7H,2-5H2,1H3. The van der Waals surface area contributed by atoms with Crippen molar-refractivity contribution in [2.24, 2.45) is 0 Å². The minimum atomic E-state index is -3.83. The maximum atomic E-state index is 12.6. The van der Waals surface area contributed by atoms with E-state index in [1.54, 1.807) is 6.92 Å². The van der Waals surface area contributed by atoms with E-state index < -0.39 is 22.0 Å². The van der Waals surface area contributed by atoms with Crippen LogP contribution in [0.1, 0.15) is 19.8 Å². The van der Waals surface area contributed by atoms with E-state index in [1.165, 1.54) is 6.07 Å². The van der Waals surface area contributed by atoms with Crippen molar-refractivity contribution < 1.29 is 17.9 Å². The first-order chi connectivity index (χ1) is 9.37. The summed E-state index contributed by atoms with van der Waals surface area (Å²) in [6.07, 6.45) is 1.06. The molecule has 0 radical (unpaired) electrons. The van der Waals surface area contributed by atoms with Gasteiger partial charge in [0.05, 0.1) is 10.9 Å². The van der Waals surface area contributed by atoms with Gasteiger partial charge >= 0.3 is 5.97 Å². The number of carbonyl (C=O) groups is 1. The zero-order chi connectivity index (χ0) is 14.9. The fourth-order valence-corrected chi connectivity index (χ4v) is 5.89. The highest BCUT2D eigenvalue weighted by molar-refractivity contribution is 7.89. The first-order valence-electron chi connectivity index (χ1n) is 6.01. The minimum absolute atomic E-state index is 0.0506. The Balaban J connectivity index is 2.33. The van der Waals surface area contributed by atoms with E-state index in [1.807, 2.05) is 0 Å². The highest BCUT2D eigenvalue weighted by atomic mass is 35.5. The average molecular weight is 358 g/mol. The minimum Gasteiger partial charge on any atom is -0.465 e. The third-order valence-electron chi connectivity index (χ3n) is 2.97. The van der Waals surface area contributed by atoms with Gasteiger partial charge in [-0.15, -0.1) is 11.3 Å². The lowest BCUT2D eigenvalue weighted by molar-refractivity contribution is -0.146. The summed E-state index contributed by atoms with van der Waals surface area (Å²) in [4.78, 5) is 11.8. The normalized spacial score (nSPS) is 20.2. The number of hydrogen-bond acceptors (Lipinski definition) is 5. The number of halogens is 2. The van der Waals surface area contributed by atoms with Crippen molar-refractivity contribution in [3.8, 4) is 0 Å². The van der Waals surface area contributed by atoms with E-state index in [4.69, 9.17) is 27.9 Å². The molecule has 0 spiro atoms. The van der Waals surface area contributed by atoms with Gasteiger partial charge in [0.15, 0.2) is 0 Å². The number of ether oxygens (including phenoxy) is 1. The number of sulfonamides is 1. The molecule has 2 rings (SSSR count). The predicted molar refractivity (Wildman–Crippen MR) is 77.9 cm³/mol. The van der Waals surface area contributed by atoms with Crippen LogP contribution in [0.3, 0.4) is 0 Å². The molecule has 0 aromatic carbocycles. The zero-order valence-electron chi connectivity index (χ0n) is 10.6. The Morgan fingerprint density at radius 2 is 2.25 bits per heavy atom. The van der Waals surface area contributed by atoms with Crippen molar-refractivity contribution in [2.75, 3.05) is 13.2 Å². The molecule has 9 heteroatoms. The molecule has 1 fully saturated rings. The maximum absolute atomic E-state index is 12.6. The van der Waals surface area contributed by atoms with E-state index in [9.17, 15) is 13.2 Å². The first kappa shape index (κ1) is 16.0. The van der Waals surface area contributed by atoms with Crippen LogP contribution >= 0.6 is 34.5 Å². The topological polar surface area (TPSA) is 63.7 Å². The lowest BCUT2D eigenvalue weighted by Gasteiger charge is -2.22. The molecule has 2 heterocycles. The second-order valence-electron chi connectivity index (χ2n) is 4.21. The fraction of sp³-hybridized carbons (Fsp3) is 0.545. The van der Waals surface area contributed by atoms with E-state index in [0.717, 1.165) is 15.6 Å². The Morgan fingerprint density at radius 3 is 2.80 bits per heavy atom. The Kier molecular flexibility index (Phi) is 4.96. The van der Waals surface area contributed by atoms with Crippen LogP contribution in [0.25, 0.3) is 0 Å². The molecule has 1 aliphatic rings. The van der Waals surface area contributed by atoms with Crippen molar-refractivity contribution in [2.45, 2.75) is 30.7 Å². The Morgan fingerprint density at radius 1 is 1.55 bits per heavy atom. The Hall–Kier alpha value is -0.340. The third-order valence-corrected chi connectivity index (χ3v) is 6.64. The molecular weight excluding hydrogens is 345 g/mol. The van der Waals surface area contributed by atoms with E-state index in [0.29, 0.717) is 17.2 Å². The smallest absolute Gasteiger partial charge is 0.324 e. The monoisotopic (exact) mass is 357 g/mol. The molecule has 0 amide bonds. The molecule has 1 aromatic rings. The number of hydrogen-bond donors (Lipinski definition) is 0. The molecule has 0 bridgehead atoms. The van der Waals surface area contributed by atoms with Gasteiger partial charge in [-0.1, -0.05) is 23.2 Å². The second kappa shape index (κ2) is 6.19. The van der Waals surface area contributed by atoms with Crippen LogP contribution < -0.4 is 0 Å². The van der Waals surface area contributed by atoms with Gasteiger partial charge < -0.3 is 4.74 Å². The summed E-state index contributed by atoms with van der Waals surface area (Å²) in [5.74, 6) is -0.522. The van der Waals surface area contributed by atoms with Gasteiger partial charge in [-0.25, -0.2) is 8.42 Å². The van der Waals surface area contributed by atoms with Crippen LogP contribution in [0, 0.1) is 0 Å².